The van der Waals surface area contributed by atoms with Gasteiger partial charge in [0.25, 0.3) is 0 Å². The van der Waals surface area contributed by atoms with Crippen molar-refractivity contribution in [3.8, 4) is 11.1 Å². The van der Waals surface area contributed by atoms with E-state index in [4.69, 9.17) is 0 Å². The van der Waals surface area contributed by atoms with Crippen LogP contribution in [0.5, 0.6) is 0 Å². The Morgan fingerprint density at radius 3 is 1.53 bits per heavy atom. The molecule has 0 aliphatic rings. The van der Waals surface area contributed by atoms with Crippen molar-refractivity contribution in [2.45, 2.75) is 0 Å². The average molecular weight is 540 g/mol. The summed E-state index contributed by atoms with van der Waals surface area (Å²) in [7, 11) is -0.719. The van der Waals surface area contributed by atoms with Gasteiger partial charge in [-0.25, -0.2) is 0 Å². The molecule has 0 saturated heterocycles. The fourth-order valence-electron chi connectivity index (χ4n) is 4.75. The summed E-state index contributed by atoms with van der Waals surface area (Å²) in [5, 5.41) is 9.31. The van der Waals surface area contributed by atoms with Crippen molar-refractivity contribution in [3.63, 3.8) is 0 Å². The smallest absolute Gasteiger partial charge is 0 e. The van der Waals surface area contributed by atoms with E-state index in [1.54, 1.807) is 0 Å². The summed E-state index contributed by atoms with van der Waals surface area (Å²) in [5.41, 5.74) is 2.66. The molecule has 0 nitrogen and oxygen atoms in total. The van der Waals surface area contributed by atoms with Crippen LogP contribution < -0.4 is 15.9 Å². The van der Waals surface area contributed by atoms with Crippen molar-refractivity contribution in [1.29, 1.82) is 0 Å². The standard InChI is InChI=1S/C32H23P.Ru/c1-3-15-26(16-4-1)33(27-17-5-2-6-18-27)31-23-22-25-13-8-10-20-29(25)32(31)30-21-11-14-24-12-7-9-19-28(24)30;/h1-23H;. The maximum Gasteiger partial charge on any atom is 0 e. The Morgan fingerprint density at radius 1 is 0.382 bits per heavy atom. The predicted octanol–water partition coefficient (Wildman–Crippen LogP) is 7.42. The molecule has 0 bridgehead atoms. The van der Waals surface area contributed by atoms with Gasteiger partial charge >= 0.3 is 0 Å². The van der Waals surface area contributed by atoms with Crippen LogP contribution in [0.4, 0.5) is 0 Å². The summed E-state index contributed by atoms with van der Waals surface area (Å²) >= 11 is 0. The van der Waals surface area contributed by atoms with Crippen molar-refractivity contribution in [2.75, 3.05) is 0 Å². The van der Waals surface area contributed by atoms with E-state index >= 15 is 0 Å². The van der Waals surface area contributed by atoms with Gasteiger partial charge in [-0.05, 0) is 56.5 Å². The molecule has 6 aromatic rings. The Balaban J connectivity index is 0.00000241. The third-order valence-electron chi connectivity index (χ3n) is 6.24. The Bertz CT molecular complexity index is 1510. The fraction of sp³-hybridized carbons (Fsp3) is 0. The molecular weight excluding hydrogens is 516 g/mol. The molecule has 0 aromatic heterocycles. The molecule has 0 radical (unpaired) electrons. The molecule has 0 amide bonds. The van der Waals surface area contributed by atoms with Crippen LogP contribution in [0, 0.1) is 0 Å². The molecule has 6 aromatic carbocycles. The van der Waals surface area contributed by atoms with E-state index < -0.39 is 7.92 Å². The number of hydrogen-bond acceptors (Lipinski definition) is 0. The molecule has 0 aliphatic heterocycles. The first-order chi connectivity index (χ1) is 16.4. The monoisotopic (exact) mass is 540 g/mol. The molecular formula is C32H23PRu. The normalized spacial score (nSPS) is 11.0. The van der Waals surface area contributed by atoms with Gasteiger partial charge in [0.1, 0.15) is 0 Å². The molecule has 164 valence electrons. The summed E-state index contributed by atoms with van der Waals surface area (Å²) in [5.74, 6) is 0. The SMILES string of the molecule is [Ru].c1ccc(P(c2ccccc2)c2ccc3ccccc3c2-c2cccc3ccccc23)cc1. The van der Waals surface area contributed by atoms with Gasteiger partial charge in [-0.3, -0.25) is 0 Å². The Morgan fingerprint density at radius 2 is 0.882 bits per heavy atom. The molecule has 0 fully saturated rings. The van der Waals surface area contributed by atoms with Crippen LogP contribution in [0.2, 0.25) is 0 Å². The van der Waals surface area contributed by atoms with Crippen molar-refractivity contribution in [3.05, 3.63) is 140 Å². The van der Waals surface area contributed by atoms with Crippen LogP contribution in [0.25, 0.3) is 32.7 Å². The average Bonchev–Trinajstić information content (AvgIpc) is 2.90. The number of benzene rings is 6. The molecule has 2 heteroatoms. The fourth-order valence-corrected chi connectivity index (χ4v) is 7.24. The molecule has 0 unspecified atom stereocenters. The zero-order chi connectivity index (χ0) is 22.0. The minimum atomic E-state index is -0.719. The van der Waals surface area contributed by atoms with E-state index in [9.17, 15) is 0 Å². The second kappa shape index (κ2) is 10.0. The van der Waals surface area contributed by atoms with Crippen LogP contribution in [-0.2, 0) is 19.5 Å². The van der Waals surface area contributed by atoms with Crippen molar-refractivity contribution < 1.29 is 19.5 Å². The van der Waals surface area contributed by atoms with Gasteiger partial charge < -0.3 is 0 Å². The first kappa shape index (κ1) is 22.7. The molecule has 0 aliphatic carbocycles. The number of fused-ring (bicyclic) bond motifs is 2. The zero-order valence-corrected chi connectivity index (χ0v) is 21.2. The van der Waals surface area contributed by atoms with E-state index in [0.717, 1.165) is 0 Å². The summed E-state index contributed by atoms with van der Waals surface area (Å²) in [6.07, 6.45) is 0. The number of rotatable bonds is 4. The van der Waals surface area contributed by atoms with Gasteiger partial charge in [0.05, 0.1) is 0 Å². The quantitative estimate of drug-likeness (QED) is 0.162. The molecule has 0 spiro atoms. The largest absolute Gasteiger partial charge is 0.0622 e. The second-order valence-corrected chi connectivity index (χ2v) is 10.4. The minimum absolute atomic E-state index is 0. The summed E-state index contributed by atoms with van der Waals surface area (Å²) < 4.78 is 0. The molecule has 34 heavy (non-hydrogen) atoms. The van der Waals surface area contributed by atoms with E-state index in [2.05, 4.69) is 140 Å². The topological polar surface area (TPSA) is 0 Å². The molecule has 0 heterocycles. The molecule has 6 rings (SSSR count). The van der Waals surface area contributed by atoms with Gasteiger partial charge in [0.2, 0.25) is 0 Å². The molecule has 0 N–H and O–H groups in total. The minimum Gasteiger partial charge on any atom is -0.0622 e. The Hall–Kier alpha value is -3.11. The van der Waals surface area contributed by atoms with Crippen LogP contribution in [0.15, 0.2) is 140 Å². The first-order valence-corrected chi connectivity index (χ1v) is 12.6. The maximum absolute atomic E-state index is 2.37. The molecule has 0 atom stereocenters. The second-order valence-electron chi connectivity index (χ2n) is 8.21. The van der Waals surface area contributed by atoms with Crippen LogP contribution in [0.1, 0.15) is 0 Å². The van der Waals surface area contributed by atoms with E-state index in [0.29, 0.717) is 0 Å². The predicted molar refractivity (Wildman–Crippen MR) is 146 cm³/mol. The van der Waals surface area contributed by atoms with E-state index in [-0.39, 0.29) is 19.5 Å². The van der Waals surface area contributed by atoms with E-state index in [1.165, 1.54) is 48.6 Å². The van der Waals surface area contributed by atoms with Gasteiger partial charge in [-0.2, -0.15) is 0 Å². The maximum atomic E-state index is 2.37. The Kier molecular flexibility index (Phi) is 6.69. The molecule has 0 saturated carbocycles. The van der Waals surface area contributed by atoms with Crippen molar-refractivity contribution in [1.82, 2.24) is 0 Å². The summed E-state index contributed by atoms with van der Waals surface area (Å²) in [4.78, 5) is 0. The van der Waals surface area contributed by atoms with Crippen LogP contribution in [-0.4, -0.2) is 0 Å². The van der Waals surface area contributed by atoms with Crippen LogP contribution >= 0.6 is 7.92 Å². The first-order valence-electron chi connectivity index (χ1n) is 11.3. The summed E-state index contributed by atoms with van der Waals surface area (Å²) in [6, 6.07) is 50.8. The zero-order valence-electron chi connectivity index (χ0n) is 18.6. The Labute approximate surface area is 214 Å². The van der Waals surface area contributed by atoms with Gasteiger partial charge in [0, 0.05) is 19.5 Å². The third kappa shape index (κ3) is 4.12. The van der Waals surface area contributed by atoms with Crippen molar-refractivity contribution in [2.24, 2.45) is 0 Å². The third-order valence-corrected chi connectivity index (χ3v) is 8.72. The van der Waals surface area contributed by atoms with Crippen LogP contribution in [0.3, 0.4) is 0 Å². The number of hydrogen-bond donors (Lipinski definition) is 0. The van der Waals surface area contributed by atoms with Gasteiger partial charge in [0.15, 0.2) is 0 Å². The van der Waals surface area contributed by atoms with Gasteiger partial charge in [-0.1, -0.05) is 140 Å². The van der Waals surface area contributed by atoms with E-state index in [1.807, 2.05) is 0 Å². The summed E-state index contributed by atoms with van der Waals surface area (Å²) in [6.45, 7) is 0. The van der Waals surface area contributed by atoms with Gasteiger partial charge in [-0.15, -0.1) is 0 Å². The van der Waals surface area contributed by atoms with Crippen molar-refractivity contribution >= 4 is 45.4 Å².